The van der Waals surface area contributed by atoms with Crippen LogP contribution in [0.3, 0.4) is 0 Å². The smallest absolute Gasteiger partial charge is 0.123 e. The van der Waals surface area contributed by atoms with Gasteiger partial charge in [0.2, 0.25) is 0 Å². The largest absolute Gasteiger partial charge is 0.326 e. The summed E-state index contributed by atoms with van der Waals surface area (Å²) < 4.78 is 13.2. The second kappa shape index (κ2) is 4.01. The average molecular weight is 261 g/mol. The molecule has 4 aliphatic rings. The van der Waals surface area contributed by atoms with Gasteiger partial charge in [0, 0.05) is 56.6 Å². The number of rotatable bonds is 1. The summed E-state index contributed by atoms with van der Waals surface area (Å²) in [5.41, 5.74) is 7.80. The molecule has 4 heteroatoms. The maximum absolute atomic E-state index is 13.2. The van der Waals surface area contributed by atoms with Crippen LogP contribution >= 0.6 is 0 Å². The molecule has 0 spiro atoms. The van der Waals surface area contributed by atoms with Crippen molar-refractivity contribution < 1.29 is 4.39 Å². The van der Waals surface area contributed by atoms with Crippen LogP contribution in [0.25, 0.3) is 0 Å². The molecule has 0 aliphatic carbocycles. The van der Waals surface area contributed by atoms with Crippen LogP contribution in [0.2, 0.25) is 0 Å². The lowest BCUT2D eigenvalue weighted by atomic mass is 9.65. The van der Waals surface area contributed by atoms with E-state index < -0.39 is 0 Å². The normalized spacial score (nSPS) is 44.3. The Kier molecular flexibility index (Phi) is 2.50. The minimum atomic E-state index is -0.166. The van der Waals surface area contributed by atoms with E-state index >= 15 is 0 Å². The van der Waals surface area contributed by atoms with E-state index in [1.165, 1.54) is 5.56 Å². The van der Waals surface area contributed by atoms with Crippen molar-refractivity contribution in [3.8, 4) is 0 Å². The quantitative estimate of drug-likeness (QED) is 0.806. The van der Waals surface area contributed by atoms with Gasteiger partial charge in [-0.3, -0.25) is 0 Å². The number of halogens is 1. The van der Waals surface area contributed by atoms with Crippen LogP contribution in [0.4, 0.5) is 4.39 Å². The van der Waals surface area contributed by atoms with Gasteiger partial charge in [0.15, 0.2) is 0 Å². The zero-order valence-corrected chi connectivity index (χ0v) is 11.1. The van der Waals surface area contributed by atoms with Crippen LogP contribution in [0.15, 0.2) is 24.3 Å². The van der Waals surface area contributed by atoms with Gasteiger partial charge < -0.3 is 15.5 Å². The molecular formula is C15H20FN3. The summed E-state index contributed by atoms with van der Waals surface area (Å²) in [6.45, 7) is 6.58. The molecule has 4 fully saturated rings. The minimum Gasteiger partial charge on any atom is -0.326 e. The first kappa shape index (κ1) is 11.8. The van der Waals surface area contributed by atoms with Gasteiger partial charge in [-0.1, -0.05) is 12.1 Å². The van der Waals surface area contributed by atoms with Gasteiger partial charge in [-0.25, -0.2) is 4.39 Å². The third-order valence-corrected chi connectivity index (χ3v) is 5.29. The highest BCUT2D eigenvalue weighted by atomic mass is 19.1. The van der Waals surface area contributed by atoms with E-state index in [-0.39, 0.29) is 17.3 Å². The van der Waals surface area contributed by atoms with Crippen LogP contribution in [-0.2, 0) is 5.41 Å². The fraction of sp³-hybridized carbons (Fsp3) is 0.600. The van der Waals surface area contributed by atoms with E-state index in [9.17, 15) is 4.39 Å². The average Bonchev–Trinajstić information content (AvgIpc) is 2.64. The van der Waals surface area contributed by atoms with Gasteiger partial charge in [0.05, 0.1) is 0 Å². The zero-order chi connectivity index (χ0) is 13.0. The zero-order valence-electron chi connectivity index (χ0n) is 11.1. The van der Waals surface area contributed by atoms with Crippen molar-refractivity contribution in [2.75, 3.05) is 39.3 Å². The fourth-order valence-corrected chi connectivity index (χ4v) is 4.37. The predicted octanol–water partition coefficient (Wildman–Crippen LogP) is 0.652. The van der Waals surface area contributed by atoms with Crippen molar-refractivity contribution in [1.82, 2.24) is 9.80 Å². The molecule has 0 radical (unpaired) electrons. The molecule has 3 unspecified atom stereocenters. The first-order valence-corrected chi connectivity index (χ1v) is 7.14. The Bertz CT molecular complexity index is 471. The minimum absolute atomic E-state index is 0.00856. The number of benzene rings is 1. The SMILES string of the molecule is NC1C2CN3CCN(C2)CC1(c1ccc(F)cc1)C3. The summed E-state index contributed by atoms with van der Waals surface area (Å²) in [6.07, 6.45) is 0. The molecule has 4 aliphatic heterocycles. The molecule has 3 nitrogen and oxygen atoms in total. The summed E-state index contributed by atoms with van der Waals surface area (Å²) in [6, 6.07) is 7.21. The Hall–Kier alpha value is -0.970. The van der Waals surface area contributed by atoms with Crippen LogP contribution in [-0.4, -0.2) is 55.1 Å². The number of piperidine rings is 2. The molecule has 2 N–H and O–H groups in total. The van der Waals surface area contributed by atoms with E-state index in [0.29, 0.717) is 5.92 Å². The summed E-state index contributed by atoms with van der Waals surface area (Å²) in [5, 5.41) is 0. The Labute approximate surface area is 113 Å². The van der Waals surface area contributed by atoms with Gasteiger partial charge in [-0.2, -0.15) is 0 Å². The number of fused-ring (bicyclic) bond motifs is 1. The lowest BCUT2D eigenvalue weighted by Gasteiger charge is -2.54. The topological polar surface area (TPSA) is 32.5 Å². The van der Waals surface area contributed by atoms with E-state index in [4.69, 9.17) is 5.73 Å². The molecule has 4 saturated heterocycles. The summed E-state index contributed by atoms with van der Waals surface area (Å²) in [7, 11) is 0. The molecule has 4 heterocycles. The van der Waals surface area contributed by atoms with Crippen LogP contribution in [0.1, 0.15) is 5.56 Å². The Balaban J connectivity index is 1.81. The molecule has 0 amide bonds. The van der Waals surface area contributed by atoms with Crippen molar-refractivity contribution >= 4 is 0 Å². The first-order valence-electron chi connectivity index (χ1n) is 7.14. The number of nitrogens with zero attached hydrogens (tertiary/aromatic N) is 2. The van der Waals surface area contributed by atoms with Gasteiger partial charge in [0.1, 0.15) is 5.82 Å². The van der Waals surface area contributed by atoms with Gasteiger partial charge in [-0.05, 0) is 17.7 Å². The lowest BCUT2D eigenvalue weighted by molar-refractivity contribution is 0.0353. The highest BCUT2D eigenvalue weighted by Crippen LogP contribution is 2.42. The monoisotopic (exact) mass is 261 g/mol. The summed E-state index contributed by atoms with van der Waals surface area (Å²) in [4.78, 5) is 5.09. The molecular weight excluding hydrogens is 241 g/mol. The van der Waals surface area contributed by atoms with Crippen molar-refractivity contribution in [2.24, 2.45) is 11.7 Å². The van der Waals surface area contributed by atoms with Crippen LogP contribution in [0, 0.1) is 11.7 Å². The van der Waals surface area contributed by atoms with Gasteiger partial charge >= 0.3 is 0 Å². The second-order valence-corrected chi connectivity index (χ2v) is 6.42. The molecule has 0 aromatic heterocycles. The standard InChI is InChI=1S/C15H20FN3/c16-13-3-1-12(2-4-13)15-9-18-5-6-19(10-15)8-11(7-18)14(15)17/h1-4,11,14H,5-10,17H2. The number of hydrogen-bond donors (Lipinski definition) is 1. The first-order chi connectivity index (χ1) is 9.17. The third-order valence-electron chi connectivity index (χ3n) is 5.29. The Morgan fingerprint density at radius 3 is 2.21 bits per heavy atom. The van der Waals surface area contributed by atoms with E-state index in [1.54, 1.807) is 12.1 Å². The molecule has 4 bridgehead atoms. The fourth-order valence-electron chi connectivity index (χ4n) is 4.37. The molecule has 19 heavy (non-hydrogen) atoms. The molecule has 1 aromatic carbocycles. The summed E-state index contributed by atoms with van der Waals surface area (Å²) >= 11 is 0. The number of hydrogen-bond acceptors (Lipinski definition) is 3. The molecule has 3 atom stereocenters. The van der Waals surface area contributed by atoms with Crippen molar-refractivity contribution in [3.63, 3.8) is 0 Å². The Morgan fingerprint density at radius 1 is 1.05 bits per heavy atom. The highest BCUT2D eigenvalue weighted by Gasteiger charge is 2.53. The molecule has 1 aromatic rings. The predicted molar refractivity (Wildman–Crippen MR) is 72.4 cm³/mol. The Morgan fingerprint density at radius 2 is 1.63 bits per heavy atom. The van der Waals surface area contributed by atoms with Crippen molar-refractivity contribution in [1.29, 1.82) is 0 Å². The van der Waals surface area contributed by atoms with Gasteiger partial charge in [-0.15, -0.1) is 0 Å². The van der Waals surface area contributed by atoms with Gasteiger partial charge in [0.25, 0.3) is 0 Å². The lowest BCUT2D eigenvalue weighted by Crippen LogP contribution is -2.69. The van der Waals surface area contributed by atoms with Crippen molar-refractivity contribution in [2.45, 2.75) is 11.5 Å². The van der Waals surface area contributed by atoms with Crippen LogP contribution < -0.4 is 5.73 Å². The van der Waals surface area contributed by atoms with E-state index in [0.717, 1.165) is 39.3 Å². The maximum Gasteiger partial charge on any atom is 0.123 e. The van der Waals surface area contributed by atoms with Crippen molar-refractivity contribution in [3.05, 3.63) is 35.6 Å². The summed E-state index contributed by atoms with van der Waals surface area (Å²) in [5.74, 6) is 0.385. The molecule has 0 saturated carbocycles. The third kappa shape index (κ3) is 1.67. The number of nitrogens with two attached hydrogens (primary N) is 1. The second-order valence-electron chi connectivity index (χ2n) is 6.42. The van der Waals surface area contributed by atoms with E-state index in [2.05, 4.69) is 9.80 Å². The van der Waals surface area contributed by atoms with E-state index in [1.807, 2.05) is 12.1 Å². The highest BCUT2D eigenvalue weighted by molar-refractivity contribution is 5.33. The molecule has 5 rings (SSSR count). The maximum atomic E-state index is 13.2. The molecule has 102 valence electrons. The van der Waals surface area contributed by atoms with Crippen LogP contribution in [0.5, 0.6) is 0 Å².